The lowest BCUT2D eigenvalue weighted by molar-refractivity contribution is -0.140. The van der Waals surface area contributed by atoms with E-state index in [1.54, 1.807) is 0 Å². The number of carbonyl (C=O) groups excluding carboxylic acids is 2. The van der Waals surface area contributed by atoms with Crippen LogP contribution in [0.4, 0.5) is 22.0 Å². The summed E-state index contributed by atoms with van der Waals surface area (Å²) in [6, 6.07) is 1.42. The van der Waals surface area contributed by atoms with Gasteiger partial charge in [0.15, 0.2) is 0 Å². The van der Waals surface area contributed by atoms with Crippen LogP contribution in [0.1, 0.15) is 40.9 Å². The van der Waals surface area contributed by atoms with Crippen LogP contribution in [0.5, 0.6) is 5.88 Å². The van der Waals surface area contributed by atoms with Gasteiger partial charge in [0, 0.05) is 35.9 Å². The molecule has 1 N–H and O–H groups in total. The summed E-state index contributed by atoms with van der Waals surface area (Å²) < 4.78 is 78.3. The highest BCUT2D eigenvalue weighted by Gasteiger charge is 2.42. The second-order valence-electron chi connectivity index (χ2n) is 9.04. The Balaban J connectivity index is 1.60. The molecule has 3 atom stereocenters. The highest BCUT2D eigenvalue weighted by molar-refractivity contribution is 5.98. The Morgan fingerprint density at radius 1 is 1.19 bits per heavy atom. The van der Waals surface area contributed by atoms with Gasteiger partial charge < -0.3 is 19.7 Å². The summed E-state index contributed by atoms with van der Waals surface area (Å²) in [5.41, 5.74) is -1.88. The highest BCUT2D eigenvalue weighted by atomic mass is 19.4. The van der Waals surface area contributed by atoms with Crippen molar-refractivity contribution in [3.63, 3.8) is 0 Å². The Kier molecular flexibility index (Phi) is 7.17. The third-order valence-corrected chi connectivity index (χ3v) is 6.42. The molecular formula is C24H24F5N3O4. The number of ether oxygens (including phenoxy) is 2. The Morgan fingerprint density at radius 2 is 1.92 bits per heavy atom. The normalized spacial score (nSPS) is 21.1. The number of likely N-dealkylation sites (tertiary alicyclic amines) is 1. The van der Waals surface area contributed by atoms with Gasteiger partial charge in [-0.05, 0) is 30.5 Å². The first-order valence-corrected chi connectivity index (χ1v) is 11.2. The molecule has 2 fully saturated rings. The number of hydrogen-bond donors (Lipinski definition) is 1. The topological polar surface area (TPSA) is 80.8 Å². The van der Waals surface area contributed by atoms with Gasteiger partial charge in [-0.15, -0.1) is 0 Å². The summed E-state index contributed by atoms with van der Waals surface area (Å²) in [5.74, 6) is -4.28. The lowest BCUT2D eigenvalue weighted by atomic mass is 9.89. The molecule has 0 unspecified atom stereocenters. The lowest BCUT2D eigenvalue weighted by Gasteiger charge is -2.36. The Bertz CT molecular complexity index is 1160. The number of benzene rings is 1. The van der Waals surface area contributed by atoms with Crippen molar-refractivity contribution in [1.82, 2.24) is 15.2 Å². The third-order valence-electron chi connectivity index (χ3n) is 6.42. The van der Waals surface area contributed by atoms with Crippen molar-refractivity contribution in [2.75, 3.05) is 26.9 Å². The maximum atomic E-state index is 14.8. The third kappa shape index (κ3) is 5.13. The Morgan fingerprint density at radius 3 is 2.53 bits per heavy atom. The number of pyridine rings is 1. The molecule has 0 bridgehead atoms. The molecule has 1 aromatic carbocycles. The van der Waals surface area contributed by atoms with Crippen LogP contribution < -0.4 is 10.1 Å². The lowest BCUT2D eigenvalue weighted by Crippen LogP contribution is -2.50. The molecule has 2 amide bonds. The number of nitrogens with zero attached hydrogens (tertiary/aromatic N) is 2. The maximum absolute atomic E-state index is 14.8. The minimum Gasteiger partial charge on any atom is -0.481 e. The van der Waals surface area contributed by atoms with E-state index in [1.807, 2.05) is 6.92 Å². The first-order valence-electron chi connectivity index (χ1n) is 11.2. The summed E-state index contributed by atoms with van der Waals surface area (Å²) in [6.07, 6.45) is -3.36. The SMILES string of the molecule is COc1cc(C(=O)N2C[C@H](C)C[C@@H]2C(=O)N[C@@H](c2cc(F)c(C(F)(F)F)cc2F)C2COC2)ccn1. The molecule has 36 heavy (non-hydrogen) atoms. The molecule has 0 saturated carbocycles. The molecule has 0 aliphatic carbocycles. The number of nitrogens with one attached hydrogen (secondary N) is 1. The van der Waals surface area contributed by atoms with Crippen molar-refractivity contribution in [3.8, 4) is 5.88 Å². The molecule has 2 aromatic rings. The highest BCUT2D eigenvalue weighted by Crippen LogP contribution is 2.37. The van der Waals surface area contributed by atoms with Crippen LogP contribution in [-0.2, 0) is 15.7 Å². The molecular weight excluding hydrogens is 489 g/mol. The molecule has 194 valence electrons. The van der Waals surface area contributed by atoms with E-state index in [4.69, 9.17) is 9.47 Å². The van der Waals surface area contributed by atoms with E-state index in [0.717, 1.165) is 0 Å². The summed E-state index contributed by atoms with van der Waals surface area (Å²) in [7, 11) is 1.40. The van der Waals surface area contributed by atoms with E-state index in [0.29, 0.717) is 12.5 Å². The predicted molar refractivity (Wildman–Crippen MR) is 116 cm³/mol. The fourth-order valence-electron chi connectivity index (χ4n) is 4.50. The molecule has 12 heteroatoms. The second kappa shape index (κ2) is 10.00. The fraction of sp³-hybridized carbons (Fsp3) is 0.458. The fourth-order valence-corrected chi connectivity index (χ4v) is 4.50. The van der Waals surface area contributed by atoms with Gasteiger partial charge in [0.05, 0.1) is 31.9 Å². The number of amides is 2. The van der Waals surface area contributed by atoms with Gasteiger partial charge >= 0.3 is 6.18 Å². The quantitative estimate of drug-likeness (QED) is 0.596. The van der Waals surface area contributed by atoms with Gasteiger partial charge in [0.2, 0.25) is 11.8 Å². The molecule has 2 saturated heterocycles. The Labute approximate surface area is 203 Å². The van der Waals surface area contributed by atoms with E-state index in [9.17, 15) is 31.5 Å². The van der Waals surface area contributed by atoms with Crippen molar-refractivity contribution in [3.05, 3.63) is 58.8 Å². The van der Waals surface area contributed by atoms with E-state index >= 15 is 0 Å². The number of rotatable bonds is 6. The number of hydrogen-bond acceptors (Lipinski definition) is 5. The summed E-state index contributed by atoms with van der Waals surface area (Å²) in [5, 5.41) is 2.65. The summed E-state index contributed by atoms with van der Waals surface area (Å²) in [6.45, 7) is 2.35. The smallest absolute Gasteiger partial charge is 0.419 e. The first kappa shape index (κ1) is 25.8. The van der Waals surface area contributed by atoms with Crippen LogP contribution in [0.3, 0.4) is 0 Å². The molecule has 4 rings (SSSR count). The number of aromatic nitrogens is 1. The number of halogens is 5. The summed E-state index contributed by atoms with van der Waals surface area (Å²) in [4.78, 5) is 31.9. The van der Waals surface area contributed by atoms with Crippen LogP contribution >= 0.6 is 0 Å². The molecule has 2 aliphatic rings. The molecule has 1 aromatic heterocycles. The van der Waals surface area contributed by atoms with Crippen LogP contribution in [0.2, 0.25) is 0 Å². The van der Waals surface area contributed by atoms with Crippen LogP contribution in [0, 0.1) is 23.5 Å². The zero-order valence-corrected chi connectivity index (χ0v) is 19.4. The second-order valence-corrected chi connectivity index (χ2v) is 9.04. The molecule has 0 radical (unpaired) electrons. The van der Waals surface area contributed by atoms with Gasteiger partial charge in [-0.3, -0.25) is 9.59 Å². The number of methoxy groups -OCH3 is 1. The van der Waals surface area contributed by atoms with Crippen LogP contribution in [0.15, 0.2) is 30.5 Å². The monoisotopic (exact) mass is 513 g/mol. The number of alkyl halides is 3. The van der Waals surface area contributed by atoms with E-state index < -0.39 is 58.8 Å². The largest absolute Gasteiger partial charge is 0.481 e. The van der Waals surface area contributed by atoms with E-state index in [1.165, 1.54) is 30.3 Å². The van der Waals surface area contributed by atoms with Gasteiger partial charge in [0.1, 0.15) is 17.7 Å². The first-order chi connectivity index (χ1) is 17.0. The minimum absolute atomic E-state index is 0.0285. The van der Waals surface area contributed by atoms with Gasteiger partial charge in [0.25, 0.3) is 5.91 Å². The van der Waals surface area contributed by atoms with Crippen molar-refractivity contribution in [2.45, 2.75) is 31.6 Å². The predicted octanol–water partition coefficient (Wildman–Crippen LogP) is 3.74. The van der Waals surface area contributed by atoms with Crippen molar-refractivity contribution < 1.29 is 41.0 Å². The Hall–Kier alpha value is -3.28. The minimum atomic E-state index is -5.07. The molecule has 0 spiro atoms. The van der Waals surface area contributed by atoms with Gasteiger partial charge in [-0.1, -0.05) is 6.92 Å². The summed E-state index contributed by atoms with van der Waals surface area (Å²) >= 11 is 0. The zero-order chi connectivity index (χ0) is 26.2. The average molecular weight is 513 g/mol. The molecule has 7 nitrogen and oxygen atoms in total. The molecule has 3 heterocycles. The van der Waals surface area contributed by atoms with Gasteiger partial charge in [-0.2, -0.15) is 13.2 Å². The average Bonchev–Trinajstić information content (AvgIpc) is 3.19. The number of carbonyl (C=O) groups is 2. The van der Waals surface area contributed by atoms with Crippen LogP contribution in [-0.4, -0.2) is 54.6 Å². The maximum Gasteiger partial charge on any atom is 0.419 e. The van der Waals surface area contributed by atoms with Crippen molar-refractivity contribution in [1.29, 1.82) is 0 Å². The zero-order valence-electron chi connectivity index (χ0n) is 19.4. The van der Waals surface area contributed by atoms with E-state index in [2.05, 4.69) is 10.3 Å². The van der Waals surface area contributed by atoms with Crippen molar-refractivity contribution >= 4 is 11.8 Å². The van der Waals surface area contributed by atoms with E-state index in [-0.39, 0.29) is 43.2 Å². The molecule has 2 aliphatic heterocycles. The van der Waals surface area contributed by atoms with Crippen molar-refractivity contribution in [2.24, 2.45) is 11.8 Å². The van der Waals surface area contributed by atoms with Gasteiger partial charge in [-0.25, -0.2) is 13.8 Å². The van der Waals surface area contributed by atoms with Crippen LogP contribution in [0.25, 0.3) is 0 Å². The standard InChI is InChI=1S/C24H24F5N3O4/c1-12-5-19(32(9-12)23(34)13-3-4-30-20(6-13)35-2)22(33)31-21(14-10-36-11-14)15-7-18(26)16(8-17(15)25)24(27,28)29/h3-4,6-8,12,14,19,21H,5,9-11H2,1-2H3,(H,31,33)/t12-,19-,21-/m1/s1.